The van der Waals surface area contributed by atoms with E-state index in [-0.39, 0.29) is 24.0 Å². The van der Waals surface area contributed by atoms with E-state index in [1.54, 1.807) is 0 Å². The second kappa shape index (κ2) is 8.86. The number of aliphatic imine (C=N–C) groups is 1. The fraction of sp³-hybridized carbons (Fsp3) is 0.750. The van der Waals surface area contributed by atoms with Crippen molar-refractivity contribution in [2.24, 2.45) is 10.9 Å². The van der Waals surface area contributed by atoms with Crippen LogP contribution in [-0.2, 0) is 6.54 Å². The Hall–Kier alpha value is -0.830. The third-order valence-corrected chi connectivity index (χ3v) is 4.48. The number of nitrogens with zero attached hydrogens (tertiary/aromatic N) is 4. The molecule has 3 rings (SSSR count). The Balaban J connectivity index is 0.00000192. The highest BCUT2D eigenvalue weighted by molar-refractivity contribution is 14.0. The number of aromatic nitrogens is 1. The monoisotopic (exact) mass is 433 g/mol. The number of halogens is 1. The van der Waals surface area contributed by atoms with Crippen LogP contribution >= 0.6 is 24.0 Å². The van der Waals surface area contributed by atoms with E-state index in [4.69, 9.17) is 4.52 Å². The van der Waals surface area contributed by atoms with Crippen LogP contribution in [0.2, 0.25) is 0 Å². The molecule has 1 N–H and O–H groups in total. The van der Waals surface area contributed by atoms with E-state index in [0.717, 1.165) is 62.6 Å². The van der Waals surface area contributed by atoms with E-state index in [2.05, 4.69) is 25.3 Å². The number of rotatable bonds is 5. The predicted molar refractivity (Wildman–Crippen MR) is 102 cm³/mol. The maximum absolute atomic E-state index is 5.14. The Morgan fingerprint density at radius 2 is 2.09 bits per heavy atom. The van der Waals surface area contributed by atoms with E-state index in [1.165, 1.54) is 19.3 Å². The number of aryl methyl sites for hydroxylation is 1. The van der Waals surface area contributed by atoms with Gasteiger partial charge in [-0.15, -0.1) is 24.0 Å². The van der Waals surface area contributed by atoms with Gasteiger partial charge in [0.25, 0.3) is 0 Å². The lowest BCUT2D eigenvalue weighted by Crippen LogP contribution is -2.52. The molecule has 0 spiro atoms. The van der Waals surface area contributed by atoms with Crippen LogP contribution in [0.25, 0.3) is 0 Å². The maximum Gasteiger partial charge on any atom is 0.193 e. The van der Waals surface area contributed by atoms with Crippen molar-refractivity contribution >= 4 is 29.9 Å². The zero-order chi connectivity index (χ0) is 15.4. The van der Waals surface area contributed by atoms with E-state index in [9.17, 15) is 0 Å². The molecule has 0 amide bonds. The van der Waals surface area contributed by atoms with Crippen molar-refractivity contribution in [2.45, 2.75) is 32.7 Å². The second-order valence-electron chi connectivity index (χ2n) is 6.40. The zero-order valence-electron chi connectivity index (χ0n) is 14.1. The lowest BCUT2D eigenvalue weighted by atomic mass is 10.3. The van der Waals surface area contributed by atoms with Gasteiger partial charge in [-0.05, 0) is 19.3 Å². The van der Waals surface area contributed by atoms with Crippen molar-refractivity contribution in [3.8, 4) is 0 Å². The van der Waals surface area contributed by atoms with Crippen LogP contribution in [-0.4, -0.2) is 60.7 Å². The van der Waals surface area contributed by atoms with Crippen molar-refractivity contribution in [1.29, 1.82) is 0 Å². The van der Waals surface area contributed by atoms with Gasteiger partial charge in [0.15, 0.2) is 5.96 Å². The normalized spacial score (nSPS) is 19.6. The first-order chi connectivity index (χ1) is 10.7. The van der Waals surface area contributed by atoms with Gasteiger partial charge in [0.1, 0.15) is 5.76 Å². The molecule has 1 saturated heterocycles. The molecule has 0 atom stereocenters. The fourth-order valence-corrected chi connectivity index (χ4v) is 2.97. The molecular formula is C16H28IN5O. The molecule has 0 aromatic carbocycles. The summed E-state index contributed by atoms with van der Waals surface area (Å²) < 4.78 is 5.14. The standard InChI is InChI=1S/C16H27N5O.HI/c1-13-11-15(19-22-13)12-20-7-9-21(10-8-20)16(17-2)18-6-5-14-3-4-14;/h11,14H,3-10,12H2,1-2H3,(H,17,18);1H. The Morgan fingerprint density at radius 1 is 1.35 bits per heavy atom. The van der Waals surface area contributed by atoms with Crippen LogP contribution in [0.15, 0.2) is 15.6 Å². The van der Waals surface area contributed by atoms with E-state index in [0.29, 0.717) is 0 Å². The Bertz CT molecular complexity index is 506. The molecule has 1 aliphatic heterocycles. The number of guanidine groups is 1. The topological polar surface area (TPSA) is 56.9 Å². The van der Waals surface area contributed by atoms with Gasteiger partial charge in [-0.25, -0.2) is 0 Å². The molecule has 1 aromatic rings. The third-order valence-electron chi connectivity index (χ3n) is 4.48. The molecule has 2 fully saturated rings. The summed E-state index contributed by atoms with van der Waals surface area (Å²) in [5.74, 6) is 2.90. The van der Waals surface area contributed by atoms with Gasteiger partial charge in [-0.2, -0.15) is 0 Å². The second-order valence-corrected chi connectivity index (χ2v) is 6.40. The van der Waals surface area contributed by atoms with Crippen LogP contribution in [0.5, 0.6) is 0 Å². The number of piperazine rings is 1. The highest BCUT2D eigenvalue weighted by atomic mass is 127. The van der Waals surface area contributed by atoms with Crippen LogP contribution in [0.1, 0.15) is 30.7 Å². The van der Waals surface area contributed by atoms with Gasteiger partial charge in [-0.3, -0.25) is 9.89 Å². The number of nitrogens with one attached hydrogen (secondary N) is 1. The largest absolute Gasteiger partial charge is 0.361 e. The summed E-state index contributed by atoms with van der Waals surface area (Å²) in [5, 5.41) is 7.59. The van der Waals surface area contributed by atoms with Gasteiger partial charge >= 0.3 is 0 Å². The van der Waals surface area contributed by atoms with Crippen molar-refractivity contribution < 1.29 is 4.52 Å². The summed E-state index contributed by atoms with van der Waals surface area (Å²) in [6.07, 6.45) is 4.12. The molecule has 0 unspecified atom stereocenters. The van der Waals surface area contributed by atoms with Crippen molar-refractivity contribution in [1.82, 2.24) is 20.3 Å². The van der Waals surface area contributed by atoms with Crippen LogP contribution in [0, 0.1) is 12.8 Å². The molecule has 0 radical (unpaired) electrons. The van der Waals surface area contributed by atoms with Gasteiger partial charge in [0.2, 0.25) is 0 Å². The van der Waals surface area contributed by atoms with Gasteiger partial charge in [0, 0.05) is 52.4 Å². The average Bonchev–Trinajstić information content (AvgIpc) is 3.26. The molecule has 6 nitrogen and oxygen atoms in total. The lowest BCUT2D eigenvalue weighted by molar-refractivity contribution is 0.169. The molecule has 1 aliphatic carbocycles. The molecule has 130 valence electrons. The third kappa shape index (κ3) is 5.63. The molecule has 1 aromatic heterocycles. The van der Waals surface area contributed by atoms with Gasteiger partial charge < -0.3 is 14.7 Å². The maximum atomic E-state index is 5.14. The first-order valence-electron chi connectivity index (χ1n) is 8.35. The van der Waals surface area contributed by atoms with Crippen LogP contribution in [0.4, 0.5) is 0 Å². The summed E-state index contributed by atoms with van der Waals surface area (Å²) in [4.78, 5) is 9.21. The summed E-state index contributed by atoms with van der Waals surface area (Å²) in [7, 11) is 1.88. The Morgan fingerprint density at radius 3 is 2.65 bits per heavy atom. The van der Waals surface area contributed by atoms with Crippen LogP contribution in [0.3, 0.4) is 0 Å². The summed E-state index contributed by atoms with van der Waals surface area (Å²) in [6, 6.07) is 2.02. The number of hydrogen-bond donors (Lipinski definition) is 1. The SMILES string of the molecule is CN=C(NCCC1CC1)N1CCN(Cc2cc(C)on2)CC1.I. The summed E-state index contributed by atoms with van der Waals surface area (Å²) in [5.41, 5.74) is 1.03. The van der Waals surface area contributed by atoms with E-state index >= 15 is 0 Å². The molecule has 7 heteroatoms. The summed E-state index contributed by atoms with van der Waals surface area (Å²) in [6.45, 7) is 7.96. The van der Waals surface area contributed by atoms with E-state index in [1.807, 2.05) is 20.0 Å². The molecular weight excluding hydrogens is 405 g/mol. The summed E-state index contributed by atoms with van der Waals surface area (Å²) >= 11 is 0. The van der Waals surface area contributed by atoms with E-state index < -0.39 is 0 Å². The minimum atomic E-state index is 0. The average molecular weight is 433 g/mol. The van der Waals surface area contributed by atoms with Crippen LogP contribution < -0.4 is 5.32 Å². The smallest absolute Gasteiger partial charge is 0.193 e. The fourth-order valence-electron chi connectivity index (χ4n) is 2.97. The lowest BCUT2D eigenvalue weighted by Gasteiger charge is -2.36. The molecule has 1 saturated carbocycles. The van der Waals surface area contributed by atoms with Crippen molar-refractivity contribution in [3.63, 3.8) is 0 Å². The highest BCUT2D eigenvalue weighted by Crippen LogP contribution is 2.31. The number of hydrogen-bond acceptors (Lipinski definition) is 4. The minimum Gasteiger partial charge on any atom is -0.361 e. The van der Waals surface area contributed by atoms with Gasteiger partial charge in [-0.1, -0.05) is 18.0 Å². The quantitative estimate of drug-likeness (QED) is 0.438. The molecule has 23 heavy (non-hydrogen) atoms. The zero-order valence-corrected chi connectivity index (χ0v) is 16.5. The molecule has 2 heterocycles. The first-order valence-corrected chi connectivity index (χ1v) is 8.35. The first kappa shape index (κ1) is 18.5. The Kier molecular flexibility index (Phi) is 7.13. The minimum absolute atomic E-state index is 0. The van der Waals surface area contributed by atoms with Crippen molar-refractivity contribution in [2.75, 3.05) is 39.8 Å². The predicted octanol–water partition coefficient (Wildman–Crippen LogP) is 2.09. The Labute approximate surface area is 155 Å². The van der Waals surface area contributed by atoms with Gasteiger partial charge in [0.05, 0.1) is 5.69 Å². The highest BCUT2D eigenvalue weighted by Gasteiger charge is 2.22. The van der Waals surface area contributed by atoms with Crippen molar-refractivity contribution in [3.05, 3.63) is 17.5 Å². The molecule has 0 bridgehead atoms. The molecule has 2 aliphatic rings.